The van der Waals surface area contributed by atoms with Crippen molar-refractivity contribution in [3.8, 4) is 11.8 Å². The van der Waals surface area contributed by atoms with Crippen LogP contribution in [0.2, 0.25) is 0 Å². The topological polar surface area (TPSA) is 52.6 Å². The molecule has 4 heteroatoms. The SMILES string of the molecule is Cc1cc(C(=O)NCCN(C)C)ccc1C#CCCO. The number of hydrogen-bond donors (Lipinski definition) is 2. The Labute approximate surface area is 120 Å². The minimum absolute atomic E-state index is 0.0650. The van der Waals surface area contributed by atoms with E-state index in [1.165, 1.54) is 0 Å². The Bertz CT molecular complexity index is 513. The molecule has 2 N–H and O–H groups in total. The van der Waals surface area contributed by atoms with E-state index in [1.807, 2.05) is 38.1 Å². The molecule has 0 aliphatic rings. The van der Waals surface area contributed by atoms with Crippen LogP contribution in [-0.4, -0.2) is 49.7 Å². The fourth-order valence-corrected chi connectivity index (χ4v) is 1.65. The Balaban J connectivity index is 2.67. The largest absolute Gasteiger partial charge is 0.395 e. The number of amides is 1. The number of nitrogens with zero attached hydrogens (tertiary/aromatic N) is 1. The van der Waals surface area contributed by atoms with Gasteiger partial charge < -0.3 is 15.3 Å². The van der Waals surface area contributed by atoms with Crippen LogP contribution in [0, 0.1) is 18.8 Å². The number of aliphatic hydroxyl groups excluding tert-OH is 1. The van der Waals surface area contributed by atoms with Crippen molar-refractivity contribution < 1.29 is 9.90 Å². The Kier molecular flexibility index (Phi) is 6.78. The van der Waals surface area contributed by atoms with Crippen LogP contribution in [0.3, 0.4) is 0 Å². The first kappa shape index (κ1) is 16.2. The molecular formula is C16H22N2O2. The predicted molar refractivity (Wildman–Crippen MR) is 80.6 cm³/mol. The third-order valence-electron chi connectivity index (χ3n) is 2.79. The minimum atomic E-state index is -0.0650. The molecule has 0 bridgehead atoms. The zero-order valence-corrected chi connectivity index (χ0v) is 12.4. The van der Waals surface area contributed by atoms with Gasteiger partial charge in [0.15, 0.2) is 0 Å². The monoisotopic (exact) mass is 274 g/mol. The van der Waals surface area contributed by atoms with Crippen LogP contribution in [0.15, 0.2) is 18.2 Å². The van der Waals surface area contributed by atoms with Crippen molar-refractivity contribution >= 4 is 5.91 Å². The lowest BCUT2D eigenvalue weighted by molar-refractivity contribution is 0.0951. The summed E-state index contributed by atoms with van der Waals surface area (Å²) < 4.78 is 0. The molecule has 0 aromatic heterocycles. The number of rotatable bonds is 5. The van der Waals surface area contributed by atoms with Gasteiger partial charge in [0.2, 0.25) is 0 Å². The summed E-state index contributed by atoms with van der Waals surface area (Å²) in [5, 5.41) is 11.6. The molecular weight excluding hydrogens is 252 g/mol. The molecule has 1 aromatic rings. The van der Waals surface area contributed by atoms with E-state index in [2.05, 4.69) is 17.2 Å². The highest BCUT2D eigenvalue weighted by molar-refractivity contribution is 5.94. The van der Waals surface area contributed by atoms with Gasteiger partial charge in [-0.15, -0.1) is 0 Å². The standard InChI is InChI=1S/C16H22N2O2/c1-13-12-15(16(20)17-9-10-18(2)3)8-7-14(13)6-4-5-11-19/h7-8,12,19H,5,9-11H2,1-3H3,(H,17,20). The number of aliphatic hydroxyl groups is 1. The van der Waals surface area contributed by atoms with Gasteiger partial charge in [-0.2, -0.15) is 0 Å². The fourth-order valence-electron chi connectivity index (χ4n) is 1.65. The van der Waals surface area contributed by atoms with Gasteiger partial charge in [-0.1, -0.05) is 11.8 Å². The maximum absolute atomic E-state index is 12.0. The number of aryl methyl sites for hydroxylation is 1. The van der Waals surface area contributed by atoms with Crippen molar-refractivity contribution in [2.24, 2.45) is 0 Å². The molecule has 0 fully saturated rings. The minimum Gasteiger partial charge on any atom is -0.395 e. The van der Waals surface area contributed by atoms with Crippen LogP contribution >= 0.6 is 0 Å². The van der Waals surface area contributed by atoms with E-state index in [0.717, 1.165) is 17.7 Å². The highest BCUT2D eigenvalue weighted by atomic mass is 16.2. The number of carbonyl (C=O) groups excluding carboxylic acids is 1. The van der Waals surface area contributed by atoms with Gasteiger partial charge >= 0.3 is 0 Å². The maximum atomic E-state index is 12.0. The van der Waals surface area contributed by atoms with Gasteiger partial charge in [0.25, 0.3) is 5.91 Å². The average Bonchev–Trinajstić information content (AvgIpc) is 2.40. The predicted octanol–water partition coefficient (Wildman–Crippen LogP) is 1.02. The van der Waals surface area contributed by atoms with E-state index < -0.39 is 0 Å². The van der Waals surface area contributed by atoms with E-state index in [0.29, 0.717) is 18.5 Å². The van der Waals surface area contributed by atoms with E-state index in [9.17, 15) is 4.79 Å². The molecule has 0 atom stereocenters. The summed E-state index contributed by atoms with van der Waals surface area (Å²) in [5.41, 5.74) is 2.51. The second-order valence-corrected chi connectivity index (χ2v) is 4.86. The third kappa shape index (κ3) is 5.43. The molecule has 0 heterocycles. The van der Waals surface area contributed by atoms with Gasteiger partial charge in [-0.25, -0.2) is 0 Å². The van der Waals surface area contributed by atoms with Crippen molar-refractivity contribution in [3.63, 3.8) is 0 Å². The Morgan fingerprint density at radius 3 is 2.75 bits per heavy atom. The lowest BCUT2D eigenvalue weighted by Gasteiger charge is -2.11. The van der Waals surface area contributed by atoms with Gasteiger partial charge in [0.05, 0.1) is 6.61 Å². The molecule has 0 radical (unpaired) electrons. The average molecular weight is 274 g/mol. The smallest absolute Gasteiger partial charge is 0.251 e. The van der Waals surface area contributed by atoms with Crippen molar-refractivity contribution in [2.75, 3.05) is 33.8 Å². The lowest BCUT2D eigenvalue weighted by atomic mass is 10.0. The summed E-state index contributed by atoms with van der Waals surface area (Å²) in [5.74, 6) is 5.81. The van der Waals surface area contributed by atoms with E-state index in [4.69, 9.17) is 5.11 Å². The Morgan fingerprint density at radius 1 is 1.40 bits per heavy atom. The van der Waals surface area contributed by atoms with Crippen molar-refractivity contribution in [2.45, 2.75) is 13.3 Å². The number of carbonyl (C=O) groups is 1. The van der Waals surface area contributed by atoms with E-state index in [-0.39, 0.29) is 12.5 Å². The van der Waals surface area contributed by atoms with Crippen molar-refractivity contribution in [1.82, 2.24) is 10.2 Å². The molecule has 1 amide bonds. The van der Waals surface area contributed by atoms with Crippen LogP contribution in [0.4, 0.5) is 0 Å². The highest BCUT2D eigenvalue weighted by Crippen LogP contribution is 2.10. The molecule has 0 saturated heterocycles. The summed E-state index contributed by atoms with van der Waals surface area (Å²) in [6.07, 6.45) is 0.464. The third-order valence-corrected chi connectivity index (χ3v) is 2.79. The second-order valence-electron chi connectivity index (χ2n) is 4.86. The van der Waals surface area contributed by atoms with Gasteiger partial charge in [-0.05, 0) is 44.8 Å². The van der Waals surface area contributed by atoms with Gasteiger partial charge in [0.1, 0.15) is 0 Å². The van der Waals surface area contributed by atoms with Gasteiger partial charge in [-0.3, -0.25) is 4.79 Å². The fraction of sp³-hybridized carbons (Fsp3) is 0.438. The van der Waals surface area contributed by atoms with Gasteiger partial charge in [0, 0.05) is 30.6 Å². The first-order chi connectivity index (χ1) is 9.54. The molecule has 20 heavy (non-hydrogen) atoms. The molecule has 1 aromatic carbocycles. The van der Waals surface area contributed by atoms with Crippen molar-refractivity contribution in [3.05, 3.63) is 34.9 Å². The summed E-state index contributed by atoms with van der Waals surface area (Å²) in [6.45, 7) is 3.44. The molecule has 0 unspecified atom stereocenters. The Morgan fingerprint density at radius 2 is 2.15 bits per heavy atom. The number of nitrogens with one attached hydrogen (secondary N) is 1. The zero-order chi connectivity index (χ0) is 15.0. The van der Waals surface area contributed by atoms with E-state index >= 15 is 0 Å². The molecule has 0 spiro atoms. The highest BCUT2D eigenvalue weighted by Gasteiger charge is 2.06. The first-order valence-corrected chi connectivity index (χ1v) is 6.68. The maximum Gasteiger partial charge on any atom is 0.251 e. The normalized spacial score (nSPS) is 10.1. The first-order valence-electron chi connectivity index (χ1n) is 6.68. The number of benzene rings is 1. The second kappa shape index (κ2) is 8.36. The lowest BCUT2D eigenvalue weighted by Crippen LogP contribution is -2.31. The van der Waals surface area contributed by atoms with Crippen LogP contribution in [0.5, 0.6) is 0 Å². The van der Waals surface area contributed by atoms with Crippen LogP contribution in [0.1, 0.15) is 27.9 Å². The molecule has 4 nitrogen and oxygen atoms in total. The molecule has 0 saturated carbocycles. The quantitative estimate of drug-likeness (QED) is 0.788. The number of hydrogen-bond acceptors (Lipinski definition) is 3. The summed E-state index contributed by atoms with van der Waals surface area (Å²) in [4.78, 5) is 14.0. The zero-order valence-electron chi connectivity index (χ0n) is 12.4. The summed E-state index contributed by atoms with van der Waals surface area (Å²) in [6, 6.07) is 5.47. The number of likely N-dealkylation sites (N-methyl/N-ethyl adjacent to an activating group) is 1. The molecule has 108 valence electrons. The van der Waals surface area contributed by atoms with E-state index in [1.54, 1.807) is 6.07 Å². The van der Waals surface area contributed by atoms with Crippen LogP contribution < -0.4 is 5.32 Å². The van der Waals surface area contributed by atoms with Crippen LogP contribution in [-0.2, 0) is 0 Å². The van der Waals surface area contributed by atoms with Crippen LogP contribution in [0.25, 0.3) is 0 Å². The summed E-state index contributed by atoms with van der Waals surface area (Å²) >= 11 is 0. The summed E-state index contributed by atoms with van der Waals surface area (Å²) in [7, 11) is 3.94. The molecule has 0 aliphatic carbocycles. The van der Waals surface area contributed by atoms with Crippen molar-refractivity contribution in [1.29, 1.82) is 0 Å². The molecule has 1 rings (SSSR count). The Hall–Kier alpha value is -1.83. The molecule has 0 aliphatic heterocycles.